The van der Waals surface area contributed by atoms with Crippen molar-refractivity contribution in [1.29, 1.82) is 0 Å². The van der Waals surface area contributed by atoms with Gasteiger partial charge in [0.15, 0.2) is 5.60 Å². The highest BCUT2D eigenvalue weighted by molar-refractivity contribution is 5.94. The van der Waals surface area contributed by atoms with Crippen molar-refractivity contribution in [3.8, 4) is 5.75 Å². The second-order valence-corrected chi connectivity index (χ2v) is 9.13. The van der Waals surface area contributed by atoms with Gasteiger partial charge in [-0.05, 0) is 75.9 Å². The molecular formula is C25H30FN3O3. The van der Waals surface area contributed by atoms with Crippen LogP contribution in [0.5, 0.6) is 5.75 Å². The minimum Gasteiger partial charge on any atom is -0.478 e. The number of aromatic nitrogens is 1. The van der Waals surface area contributed by atoms with Gasteiger partial charge in [0.1, 0.15) is 11.6 Å². The molecule has 1 aromatic carbocycles. The van der Waals surface area contributed by atoms with Gasteiger partial charge in [0.05, 0.1) is 5.56 Å². The second kappa shape index (κ2) is 9.27. The Balaban J connectivity index is 1.40. The maximum atomic E-state index is 13.2. The van der Waals surface area contributed by atoms with Gasteiger partial charge in [-0.3, -0.25) is 14.6 Å². The highest BCUT2D eigenvalue weighted by Gasteiger charge is 2.37. The number of benzene rings is 1. The fourth-order valence-corrected chi connectivity index (χ4v) is 4.50. The van der Waals surface area contributed by atoms with E-state index in [9.17, 15) is 14.0 Å². The van der Waals surface area contributed by atoms with Crippen LogP contribution in [0.3, 0.4) is 0 Å². The molecule has 0 saturated carbocycles. The summed E-state index contributed by atoms with van der Waals surface area (Å²) in [6, 6.07) is 9.46. The van der Waals surface area contributed by atoms with Crippen molar-refractivity contribution in [3.05, 3.63) is 59.7 Å². The average Bonchev–Trinajstić information content (AvgIpc) is 3.35. The van der Waals surface area contributed by atoms with E-state index in [1.807, 2.05) is 21.9 Å². The molecule has 2 aliphatic rings. The highest BCUT2D eigenvalue weighted by Crippen LogP contribution is 2.29. The molecule has 4 rings (SSSR count). The van der Waals surface area contributed by atoms with E-state index in [1.165, 1.54) is 24.3 Å². The largest absolute Gasteiger partial charge is 0.478 e. The van der Waals surface area contributed by atoms with Gasteiger partial charge in [-0.15, -0.1) is 0 Å². The van der Waals surface area contributed by atoms with Crippen molar-refractivity contribution >= 4 is 11.8 Å². The highest BCUT2D eigenvalue weighted by atomic mass is 19.1. The molecule has 0 unspecified atom stereocenters. The lowest BCUT2D eigenvalue weighted by atomic mass is 9.92. The summed E-state index contributed by atoms with van der Waals surface area (Å²) < 4.78 is 19.1. The first-order valence-electron chi connectivity index (χ1n) is 11.3. The van der Waals surface area contributed by atoms with Crippen molar-refractivity contribution in [2.24, 2.45) is 0 Å². The Morgan fingerprint density at radius 2 is 1.69 bits per heavy atom. The van der Waals surface area contributed by atoms with Crippen molar-refractivity contribution in [2.45, 2.75) is 51.0 Å². The predicted octanol–water partition coefficient (Wildman–Crippen LogP) is 4.02. The van der Waals surface area contributed by atoms with Crippen LogP contribution in [0, 0.1) is 5.82 Å². The number of nitrogens with zero attached hydrogens (tertiary/aromatic N) is 3. The summed E-state index contributed by atoms with van der Waals surface area (Å²) in [5, 5.41) is 0. The van der Waals surface area contributed by atoms with Crippen LogP contribution in [0.1, 0.15) is 61.5 Å². The fraction of sp³-hybridized carbons (Fsp3) is 0.480. The number of pyridine rings is 1. The number of halogens is 1. The third-order valence-electron chi connectivity index (χ3n) is 6.26. The standard InChI is InChI=1S/C25H30FN3O3/c1-25(2,32-21-10-8-20(26)9-11-21)24(31)29-15-5-6-19(17-29)22-12-7-18(16-27-22)23(30)28-13-3-4-14-28/h7-12,16,19H,3-6,13-15,17H2,1-2H3/t19-/m1/s1. The normalized spacial score (nSPS) is 19.2. The summed E-state index contributed by atoms with van der Waals surface area (Å²) in [7, 11) is 0. The molecule has 7 heteroatoms. The molecule has 2 amide bonds. The lowest BCUT2D eigenvalue weighted by Gasteiger charge is -2.37. The van der Waals surface area contributed by atoms with Gasteiger partial charge in [-0.25, -0.2) is 4.39 Å². The zero-order valence-corrected chi connectivity index (χ0v) is 18.7. The molecule has 6 nitrogen and oxygen atoms in total. The smallest absolute Gasteiger partial charge is 0.266 e. The van der Waals surface area contributed by atoms with Crippen LogP contribution in [0.2, 0.25) is 0 Å². The zero-order chi connectivity index (χ0) is 22.7. The molecule has 170 valence electrons. The van der Waals surface area contributed by atoms with Crippen molar-refractivity contribution in [2.75, 3.05) is 26.2 Å². The first-order chi connectivity index (χ1) is 15.3. The molecule has 2 aromatic rings. The number of carbonyl (C=O) groups excluding carboxylic acids is 2. The average molecular weight is 440 g/mol. The molecule has 0 bridgehead atoms. The van der Waals surface area contributed by atoms with Crippen LogP contribution >= 0.6 is 0 Å². The molecule has 1 atom stereocenters. The van der Waals surface area contributed by atoms with E-state index in [0.717, 1.165) is 44.5 Å². The third kappa shape index (κ3) is 4.92. The van der Waals surface area contributed by atoms with Gasteiger partial charge >= 0.3 is 0 Å². The van der Waals surface area contributed by atoms with E-state index >= 15 is 0 Å². The summed E-state index contributed by atoms with van der Waals surface area (Å²) in [6.45, 7) is 6.32. The number of amides is 2. The van der Waals surface area contributed by atoms with E-state index in [2.05, 4.69) is 4.98 Å². The van der Waals surface area contributed by atoms with E-state index in [0.29, 0.717) is 24.4 Å². The number of ether oxygens (including phenoxy) is 1. The first kappa shape index (κ1) is 22.2. The van der Waals surface area contributed by atoms with Gasteiger partial charge in [0.25, 0.3) is 11.8 Å². The number of piperidine rings is 1. The maximum Gasteiger partial charge on any atom is 0.266 e. The molecule has 0 radical (unpaired) electrons. The maximum absolute atomic E-state index is 13.2. The topological polar surface area (TPSA) is 62.7 Å². The van der Waals surface area contributed by atoms with Gasteiger partial charge in [-0.2, -0.15) is 0 Å². The minimum absolute atomic E-state index is 0.0432. The van der Waals surface area contributed by atoms with Crippen molar-refractivity contribution in [3.63, 3.8) is 0 Å². The van der Waals surface area contributed by atoms with Crippen LogP contribution in [-0.4, -0.2) is 58.4 Å². The number of carbonyl (C=O) groups is 2. The van der Waals surface area contributed by atoms with Crippen LogP contribution < -0.4 is 4.74 Å². The van der Waals surface area contributed by atoms with E-state index in [-0.39, 0.29) is 23.5 Å². The minimum atomic E-state index is -1.07. The quantitative estimate of drug-likeness (QED) is 0.706. The Morgan fingerprint density at radius 1 is 1.00 bits per heavy atom. The third-order valence-corrected chi connectivity index (χ3v) is 6.26. The predicted molar refractivity (Wildman–Crippen MR) is 119 cm³/mol. The molecule has 0 N–H and O–H groups in total. The number of rotatable bonds is 5. The van der Waals surface area contributed by atoms with Crippen LogP contribution in [0.25, 0.3) is 0 Å². The van der Waals surface area contributed by atoms with E-state index < -0.39 is 5.60 Å². The van der Waals surface area contributed by atoms with Crippen LogP contribution in [-0.2, 0) is 4.79 Å². The first-order valence-corrected chi connectivity index (χ1v) is 11.3. The monoisotopic (exact) mass is 439 g/mol. The Bertz CT molecular complexity index is 953. The summed E-state index contributed by atoms with van der Waals surface area (Å²) in [6.07, 6.45) is 5.60. The molecule has 2 aliphatic heterocycles. The van der Waals surface area contributed by atoms with Gasteiger partial charge < -0.3 is 14.5 Å². The molecule has 3 heterocycles. The Labute approximate surface area is 188 Å². The van der Waals surface area contributed by atoms with Crippen molar-refractivity contribution in [1.82, 2.24) is 14.8 Å². The lowest BCUT2D eigenvalue weighted by molar-refractivity contribution is -0.146. The van der Waals surface area contributed by atoms with Gasteiger partial charge in [-0.1, -0.05) is 0 Å². The molecular weight excluding hydrogens is 409 g/mol. The Hall–Kier alpha value is -2.96. The molecule has 2 saturated heterocycles. The van der Waals surface area contributed by atoms with Gasteiger partial charge in [0, 0.05) is 44.0 Å². The SMILES string of the molecule is CC(C)(Oc1ccc(F)cc1)C(=O)N1CCC[C@@H](c2ccc(C(=O)N3CCCC3)cn2)C1. The summed E-state index contributed by atoms with van der Waals surface area (Å²) in [5.74, 6) is 0.165. The molecule has 2 fully saturated rings. The second-order valence-electron chi connectivity index (χ2n) is 9.13. The summed E-state index contributed by atoms with van der Waals surface area (Å²) in [5.41, 5.74) is 0.449. The zero-order valence-electron chi connectivity index (χ0n) is 18.7. The molecule has 0 aliphatic carbocycles. The number of likely N-dealkylation sites (tertiary alicyclic amines) is 2. The molecule has 0 spiro atoms. The van der Waals surface area contributed by atoms with E-state index in [1.54, 1.807) is 20.0 Å². The van der Waals surface area contributed by atoms with E-state index in [4.69, 9.17) is 4.74 Å². The summed E-state index contributed by atoms with van der Waals surface area (Å²) in [4.78, 5) is 34.0. The fourth-order valence-electron chi connectivity index (χ4n) is 4.50. The Kier molecular flexibility index (Phi) is 6.44. The Morgan fingerprint density at radius 3 is 2.34 bits per heavy atom. The molecule has 1 aromatic heterocycles. The van der Waals surface area contributed by atoms with Crippen LogP contribution in [0.15, 0.2) is 42.6 Å². The number of hydrogen-bond acceptors (Lipinski definition) is 4. The number of hydrogen-bond donors (Lipinski definition) is 0. The van der Waals surface area contributed by atoms with Gasteiger partial charge in [0.2, 0.25) is 0 Å². The van der Waals surface area contributed by atoms with Crippen LogP contribution in [0.4, 0.5) is 4.39 Å². The lowest BCUT2D eigenvalue weighted by Crippen LogP contribution is -2.51. The summed E-state index contributed by atoms with van der Waals surface area (Å²) >= 11 is 0. The molecule has 32 heavy (non-hydrogen) atoms. The van der Waals surface area contributed by atoms with Crippen molar-refractivity contribution < 1.29 is 18.7 Å².